The molecule has 0 radical (unpaired) electrons. The molecular weight excluding hydrogens is 569 g/mol. The van der Waals surface area contributed by atoms with Crippen LogP contribution in [0.5, 0.6) is 0 Å². The molecule has 0 aromatic heterocycles. The van der Waals surface area contributed by atoms with Gasteiger partial charge in [0, 0.05) is 12.7 Å². The van der Waals surface area contributed by atoms with E-state index < -0.39 is 0 Å². The van der Waals surface area contributed by atoms with E-state index in [1.807, 2.05) is 68.5 Å². The largest absolute Gasteiger partial charge is 0.326 e. The lowest BCUT2D eigenvalue weighted by molar-refractivity contribution is 1.07. The minimum absolute atomic E-state index is 0.640. The van der Waals surface area contributed by atoms with E-state index >= 15 is 0 Å². The normalized spacial score (nSPS) is 12.0. The van der Waals surface area contributed by atoms with Gasteiger partial charge in [0.2, 0.25) is 0 Å². The lowest BCUT2D eigenvalue weighted by Gasteiger charge is -2.13. The van der Waals surface area contributed by atoms with Crippen molar-refractivity contribution in [2.45, 2.75) is 41.2 Å². The van der Waals surface area contributed by atoms with Crippen LogP contribution in [0.2, 0.25) is 0 Å². The average Bonchev–Trinajstić information content (AvgIpc) is 3.10. The molecular formula is C45H50N2. The summed E-state index contributed by atoms with van der Waals surface area (Å²) in [7, 11) is 0. The Morgan fingerprint density at radius 3 is 1.98 bits per heavy atom. The highest BCUT2D eigenvalue weighted by atomic mass is 14.6. The molecule has 4 aromatic rings. The fourth-order valence-electron chi connectivity index (χ4n) is 4.75. The van der Waals surface area contributed by atoms with Crippen LogP contribution in [-0.2, 0) is 6.54 Å². The summed E-state index contributed by atoms with van der Waals surface area (Å²) < 4.78 is 0. The molecule has 0 fully saturated rings. The van der Waals surface area contributed by atoms with E-state index in [1.54, 1.807) is 6.20 Å². The highest BCUT2D eigenvalue weighted by Crippen LogP contribution is 2.32. The fraction of sp³-hybridized carbons (Fsp3) is 0.133. The minimum atomic E-state index is 0.640. The van der Waals surface area contributed by atoms with Gasteiger partial charge in [0.15, 0.2) is 0 Å². The standard InChI is InChI=1S/C34H34.C7H9N.C4H7N/c1-6-9-10-15-26(4)25-31-17-11-12-19-33(31)28-20-22-29(23-21-28)34(14-7-2)32(8-3)30-18-13-16-27(5)24-30;8-6-7-4-2-1-3-5-7;1-3-4-5-2/h6-25H,3H2,1-2,4-5H3;1-5H,6,8H2;3-4H,2H2,1H3/b9-6-,14-7-,15-10-,26-25+,34-32-;;4-3-. The number of nitrogens with two attached hydrogens (primary N) is 1. The highest BCUT2D eigenvalue weighted by Gasteiger charge is 2.09. The maximum Gasteiger partial charge on any atom is 0.0217 e. The van der Waals surface area contributed by atoms with Crippen LogP contribution in [0.3, 0.4) is 0 Å². The Morgan fingerprint density at radius 2 is 1.43 bits per heavy atom. The molecule has 0 saturated carbocycles. The molecule has 4 aromatic carbocycles. The third kappa shape index (κ3) is 13.3. The van der Waals surface area contributed by atoms with Gasteiger partial charge in [-0.3, -0.25) is 4.99 Å². The van der Waals surface area contributed by atoms with Crippen molar-refractivity contribution >= 4 is 23.9 Å². The molecule has 0 aliphatic carbocycles. The van der Waals surface area contributed by atoms with Crippen LogP contribution in [0.25, 0.3) is 28.3 Å². The van der Waals surface area contributed by atoms with E-state index in [0.717, 1.165) is 5.57 Å². The van der Waals surface area contributed by atoms with Crippen LogP contribution in [0.15, 0.2) is 175 Å². The Kier molecular flexibility index (Phi) is 17.9. The Labute approximate surface area is 284 Å². The Morgan fingerprint density at radius 1 is 0.723 bits per heavy atom. The lowest BCUT2D eigenvalue weighted by Crippen LogP contribution is -1.94. The highest BCUT2D eigenvalue weighted by molar-refractivity contribution is 5.99. The van der Waals surface area contributed by atoms with Crippen molar-refractivity contribution in [2.75, 3.05) is 0 Å². The van der Waals surface area contributed by atoms with Crippen LogP contribution >= 0.6 is 0 Å². The van der Waals surface area contributed by atoms with E-state index in [1.165, 1.54) is 50.1 Å². The number of allylic oxidation sites excluding steroid dienone is 11. The molecule has 0 spiro atoms. The van der Waals surface area contributed by atoms with Gasteiger partial charge in [-0.1, -0.05) is 176 Å². The molecule has 2 nitrogen and oxygen atoms in total. The first-order valence-electron chi connectivity index (χ1n) is 16.0. The average molecular weight is 619 g/mol. The van der Waals surface area contributed by atoms with Gasteiger partial charge in [0.25, 0.3) is 0 Å². The summed E-state index contributed by atoms with van der Waals surface area (Å²) in [5.74, 6) is 0. The van der Waals surface area contributed by atoms with E-state index in [-0.39, 0.29) is 0 Å². The van der Waals surface area contributed by atoms with E-state index in [2.05, 4.69) is 142 Å². The number of hydrogen-bond acceptors (Lipinski definition) is 2. The van der Waals surface area contributed by atoms with Crippen molar-refractivity contribution in [3.8, 4) is 11.1 Å². The Balaban J connectivity index is 0.000000491. The number of hydrogen-bond donors (Lipinski definition) is 1. The molecule has 0 unspecified atom stereocenters. The van der Waals surface area contributed by atoms with Crippen molar-refractivity contribution in [3.63, 3.8) is 0 Å². The summed E-state index contributed by atoms with van der Waals surface area (Å²) in [4.78, 5) is 3.42. The number of benzene rings is 4. The van der Waals surface area contributed by atoms with Crippen molar-refractivity contribution < 1.29 is 0 Å². The predicted molar refractivity (Wildman–Crippen MR) is 211 cm³/mol. The van der Waals surface area contributed by atoms with E-state index in [9.17, 15) is 0 Å². The minimum Gasteiger partial charge on any atom is -0.326 e. The molecule has 47 heavy (non-hydrogen) atoms. The maximum atomic E-state index is 5.35. The zero-order chi connectivity index (χ0) is 34.3. The first-order valence-corrected chi connectivity index (χ1v) is 16.0. The van der Waals surface area contributed by atoms with Crippen molar-refractivity contribution in [3.05, 3.63) is 198 Å². The quantitative estimate of drug-likeness (QED) is 0.107. The summed E-state index contributed by atoms with van der Waals surface area (Å²) in [6.07, 6.45) is 20.2. The third-order valence-electron chi connectivity index (χ3n) is 7.00. The molecule has 0 bridgehead atoms. The second-order valence-electron chi connectivity index (χ2n) is 10.7. The van der Waals surface area contributed by atoms with Gasteiger partial charge in [-0.2, -0.15) is 0 Å². The summed E-state index contributed by atoms with van der Waals surface area (Å²) in [6.45, 7) is 18.2. The zero-order valence-corrected chi connectivity index (χ0v) is 28.7. The maximum absolute atomic E-state index is 5.35. The summed E-state index contributed by atoms with van der Waals surface area (Å²) in [6, 6.07) is 36.0. The Bertz CT molecular complexity index is 1710. The second-order valence-corrected chi connectivity index (χ2v) is 10.7. The molecule has 2 N–H and O–H groups in total. The van der Waals surface area contributed by atoms with E-state index in [0.29, 0.717) is 6.54 Å². The van der Waals surface area contributed by atoms with Crippen molar-refractivity contribution in [2.24, 2.45) is 10.7 Å². The van der Waals surface area contributed by atoms with Crippen molar-refractivity contribution in [1.82, 2.24) is 0 Å². The van der Waals surface area contributed by atoms with Gasteiger partial charge in [0.1, 0.15) is 0 Å². The molecule has 0 atom stereocenters. The van der Waals surface area contributed by atoms with Gasteiger partial charge in [-0.05, 0) is 85.9 Å². The Hall–Kier alpha value is -5.31. The predicted octanol–water partition coefficient (Wildman–Crippen LogP) is 12.2. The van der Waals surface area contributed by atoms with Crippen LogP contribution < -0.4 is 5.73 Å². The molecule has 0 aliphatic heterocycles. The van der Waals surface area contributed by atoms with Gasteiger partial charge in [-0.25, -0.2) is 0 Å². The van der Waals surface area contributed by atoms with Gasteiger partial charge in [-0.15, -0.1) is 0 Å². The first kappa shape index (κ1) is 37.9. The van der Waals surface area contributed by atoms with Crippen molar-refractivity contribution in [1.29, 1.82) is 0 Å². The SMILES string of the molecule is C=C/C(=C(\C=C/C)c1ccc(-c2ccccc2/C=C(C)/C=C\C=C/C)cc1)c1cccc(C)c1.C=N/C=C\C.NCc1ccccc1. The fourth-order valence-corrected chi connectivity index (χ4v) is 4.75. The first-order chi connectivity index (χ1) is 22.9. The van der Waals surface area contributed by atoms with E-state index in [4.69, 9.17) is 5.73 Å². The number of aliphatic imine (C=N–C) groups is 1. The van der Waals surface area contributed by atoms with Gasteiger partial charge >= 0.3 is 0 Å². The smallest absolute Gasteiger partial charge is 0.0217 e. The summed E-state index contributed by atoms with van der Waals surface area (Å²) in [5, 5.41) is 0. The molecule has 0 saturated heterocycles. The topological polar surface area (TPSA) is 38.4 Å². The molecule has 0 aliphatic rings. The number of nitrogens with zero attached hydrogens (tertiary/aromatic N) is 1. The van der Waals surface area contributed by atoms with Crippen LogP contribution in [0.4, 0.5) is 0 Å². The van der Waals surface area contributed by atoms with Gasteiger partial charge in [0.05, 0.1) is 0 Å². The second kappa shape index (κ2) is 22.2. The molecule has 240 valence electrons. The molecule has 0 amide bonds. The van der Waals surface area contributed by atoms with Crippen LogP contribution in [0, 0.1) is 6.92 Å². The molecule has 2 heteroatoms. The lowest BCUT2D eigenvalue weighted by atomic mass is 9.91. The number of rotatable bonds is 10. The van der Waals surface area contributed by atoms with Crippen LogP contribution in [0.1, 0.15) is 55.5 Å². The number of aryl methyl sites for hydroxylation is 1. The molecule has 4 rings (SSSR count). The van der Waals surface area contributed by atoms with Gasteiger partial charge < -0.3 is 5.73 Å². The summed E-state index contributed by atoms with van der Waals surface area (Å²) >= 11 is 0. The summed E-state index contributed by atoms with van der Waals surface area (Å²) in [5.41, 5.74) is 17.3. The molecule has 0 heterocycles. The third-order valence-corrected chi connectivity index (χ3v) is 7.00. The zero-order valence-electron chi connectivity index (χ0n) is 28.7. The monoisotopic (exact) mass is 618 g/mol. The van der Waals surface area contributed by atoms with Crippen LogP contribution in [-0.4, -0.2) is 6.72 Å².